The fourth-order valence-electron chi connectivity index (χ4n) is 4.54. The first-order valence-corrected chi connectivity index (χ1v) is 11.3. The van der Waals surface area contributed by atoms with Gasteiger partial charge < -0.3 is 15.2 Å². The van der Waals surface area contributed by atoms with E-state index in [-0.39, 0.29) is 17.7 Å². The number of carbonyl (C=O) groups is 2. The van der Waals surface area contributed by atoms with Crippen LogP contribution in [0.4, 0.5) is 0 Å². The molecule has 1 fully saturated rings. The molecule has 1 aromatic carbocycles. The van der Waals surface area contributed by atoms with Gasteiger partial charge in [0.05, 0.1) is 0 Å². The fourth-order valence-corrected chi connectivity index (χ4v) is 4.54. The van der Waals surface area contributed by atoms with Crippen LogP contribution < -0.4 is 5.32 Å². The zero-order valence-electron chi connectivity index (χ0n) is 17.9. The summed E-state index contributed by atoms with van der Waals surface area (Å²) in [7, 11) is 0. The molecule has 0 atom stereocenters. The Hall–Kier alpha value is -2.30. The quantitative estimate of drug-likeness (QED) is 0.663. The Morgan fingerprint density at radius 1 is 1.03 bits per heavy atom. The van der Waals surface area contributed by atoms with Gasteiger partial charge in [0.2, 0.25) is 11.8 Å². The van der Waals surface area contributed by atoms with E-state index in [2.05, 4.69) is 36.3 Å². The highest BCUT2D eigenvalue weighted by Crippen LogP contribution is 2.30. The molecule has 3 rings (SSSR count). The molecule has 1 heterocycles. The number of amides is 2. The van der Waals surface area contributed by atoms with Crippen molar-refractivity contribution in [3.8, 4) is 0 Å². The van der Waals surface area contributed by atoms with Crippen LogP contribution in [0.5, 0.6) is 0 Å². The van der Waals surface area contributed by atoms with Crippen molar-refractivity contribution in [2.45, 2.75) is 58.8 Å². The maximum absolute atomic E-state index is 12.8. The average molecular weight is 398 g/mol. The second-order valence-corrected chi connectivity index (χ2v) is 8.27. The van der Waals surface area contributed by atoms with Gasteiger partial charge in [0.25, 0.3) is 0 Å². The van der Waals surface area contributed by atoms with E-state index in [1.807, 2.05) is 23.2 Å². The van der Waals surface area contributed by atoms with Crippen LogP contribution in [0.15, 0.2) is 30.5 Å². The Morgan fingerprint density at radius 3 is 2.38 bits per heavy atom. The van der Waals surface area contributed by atoms with Crippen LogP contribution in [0, 0.1) is 11.8 Å². The van der Waals surface area contributed by atoms with E-state index in [0.717, 1.165) is 63.6 Å². The van der Waals surface area contributed by atoms with Gasteiger partial charge in [-0.3, -0.25) is 9.59 Å². The first-order valence-electron chi connectivity index (χ1n) is 11.3. The van der Waals surface area contributed by atoms with E-state index in [4.69, 9.17) is 0 Å². The highest BCUT2D eigenvalue weighted by Gasteiger charge is 2.31. The molecule has 1 aromatic heterocycles. The number of fused-ring (bicyclic) bond motifs is 1. The van der Waals surface area contributed by atoms with Crippen LogP contribution in [0.1, 0.15) is 57.9 Å². The highest BCUT2D eigenvalue weighted by atomic mass is 16.2. The van der Waals surface area contributed by atoms with Crippen LogP contribution >= 0.6 is 0 Å². The minimum Gasteiger partial charge on any atom is -0.361 e. The average Bonchev–Trinajstić information content (AvgIpc) is 3.16. The molecule has 0 saturated heterocycles. The minimum atomic E-state index is 0.0489. The van der Waals surface area contributed by atoms with E-state index < -0.39 is 0 Å². The first-order chi connectivity index (χ1) is 14.1. The lowest BCUT2D eigenvalue weighted by Gasteiger charge is -2.31. The summed E-state index contributed by atoms with van der Waals surface area (Å²) in [5, 5.41) is 4.34. The number of carbonyl (C=O) groups excluding carboxylic acids is 2. The van der Waals surface area contributed by atoms with Crippen molar-refractivity contribution in [1.82, 2.24) is 15.2 Å². The molecule has 1 saturated carbocycles. The molecule has 0 aliphatic heterocycles. The first kappa shape index (κ1) is 21.4. The summed E-state index contributed by atoms with van der Waals surface area (Å²) in [6.45, 7) is 6.59. The predicted octanol–water partition coefficient (Wildman–Crippen LogP) is 4.28. The third-order valence-corrected chi connectivity index (χ3v) is 6.11. The van der Waals surface area contributed by atoms with Crippen molar-refractivity contribution in [2.24, 2.45) is 11.8 Å². The second-order valence-electron chi connectivity index (χ2n) is 8.27. The molecule has 0 spiro atoms. The number of para-hydroxylation sites is 1. The lowest BCUT2D eigenvalue weighted by atomic mass is 9.81. The molecule has 2 aromatic rings. The van der Waals surface area contributed by atoms with E-state index >= 15 is 0 Å². The number of rotatable bonds is 9. The van der Waals surface area contributed by atoms with E-state index in [0.29, 0.717) is 12.5 Å². The normalized spacial score (nSPS) is 19.2. The lowest BCUT2D eigenvalue weighted by molar-refractivity contribution is -0.138. The van der Waals surface area contributed by atoms with E-state index in [1.54, 1.807) is 0 Å². The molecule has 0 bridgehead atoms. The highest BCUT2D eigenvalue weighted by molar-refractivity contribution is 5.83. The minimum absolute atomic E-state index is 0.0489. The largest absolute Gasteiger partial charge is 0.361 e. The van der Waals surface area contributed by atoms with Gasteiger partial charge in [0, 0.05) is 48.6 Å². The number of benzene rings is 1. The predicted molar refractivity (Wildman–Crippen MR) is 118 cm³/mol. The van der Waals surface area contributed by atoms with Gasteiger partial charge in [-0.2, -0.15) is 0 Å². The maximum Gasteiger partial charge on any atom is 0.225 e. The Bertz CT molecular complexity index is 799. The second kappa shape index (κ2) is 10.5. The molecule has 2 amide bonds. The Kier molecular flexibility index (Phi) is 7.73. The molecule has 158 valence electrons. The SMILES string of the molecule is CCCN(CCC)C(=O)C1CCC(C(=O)NCCc2c[nH]c3ccccc23)CC1. The topological polar surface area (TPSA) is 65.2 Å². The molecule has 29 heavy (non-hydrogen) atoms. The molecule has 0 radical (unpaired) electrons. The smallest absolute Gasteiger partial charge is 0.225 e. The summed E-state index contributed by atoms with van der Waals surface area (Å²) < 4.78 is 0. The number of nitrogens with zero attached hydrogens (tertiary/aromatic N) is 1. The van der Waals surface area contributed by atoms with Crippen LogP contribution in [0.3, 0.4) is 0 Å². The number of nitrogens with one attached hydrogen (secondary N) is 2. The van der Waals surface area contributed by atoms with Crippen molar-refractivity contribution in [1.29, 1.82) is 0 Å². The van der Waals surface area contributed by atoms with E-state index in [9.17, 15) is 9.59 Å². The molecular formula is C24H35N3O2. The summed E-state index contributed by atoms with van der Waals surface area (Å²) in [6, 6.07) is 8.25. The van der Waals surface area contributed by atoms with Gasteiger partial charge in [-0.15, -0.1) is 0 Å². The number of hydrogen-bond acceptors (Lipinski definition) is 2. The summed E-state index contributed by atoms with van der Waals surface area (Å²) in [6.07, 6.45) is 8.17. The van der Waals surface area contributed by atoms with Gasteiger partial charge in [0.15, 0.2) is 0 Å². The van der Waals surface area contributed by atoms with Gasteiger partial charge in [0.1, 0.15) is 0 Å². The van der Waals surface area contributed by atoms with Gasteiger partial charge in [-0.1, -0.05) is 32.0 Å². The number of aromatic nitrogens is 1. The summed E-state index contributed by atoms with van der Waals surface area (Å²) in [4.78, 5) is 30.7. The van der Waals surface area contributed by atoms with Crippen LogP contribution in [-0.2, 0) is 16.0 Å². The van der Waals surface area contributed by atoms with E-state index in [1.165, 1.54) is 10.9 Å². The third kappa shape index (κ3) is 5.40. The number of aromatic amines is 1. The van der Waals surface area contributed by atoms with Crippen molar-refractivity contribution in [2.75, 3.05) is 19.6 Å². The lowest BCUT2D eigenvalue weighted by Crippen LogP contribution is -2.40. The molecule has 5 heteroatoms. The summed E-state index contributed by atoms with van der Waals surface area (Å²) in [5.74, 6) is 0.595. The van der Waals surface area contributed by atoms with Crippen molar-refractivity contribution >= 4 is 22.7 Å². The Balaban J connectivity index is 1.43. The zero-order chi connectivity index (χ0) is 20.6. The molecule has 1 aliphatic rings. The number of H-pyrrole nitrogens is 1. The monoisotopic (exact) mass is 397 g/mol. The van der Waals surface area contributed by atoms with Gasteiger partial charge >= 0.3 is 0 Å². The summed E-state index contributed by atoms with van der Waals surface area (Å²) >= 11 is 0. The van der Waals surface area contributed by atoms with Gasteiger partial charge in [-0.25, -0.2) is 0 Å². The molecule has 1 aliphatic carbocycles. The van der Waals surface area contributed by atoms with Crippen LogP contribution in [-0.4, -0.2) is 41.3 Å². The van der Waals surface area contributed by atoms with Crippen LogP contribution in [0.2, 0.25) is 0 Å². The van der Waals surface area contributed by atoms with Crippen molar-refractivity contribution < 1.29 is 9.59 Å². The molecule has 2 N–H and O–H groups in total. The Morgan fingerprint density at radius 2 is 1.69 bits per heavy atom. The zero-order valence-corrected chi connectivity index (χ0v) is 17.9. The molecular weight excluding hydrogens is 362 g/mol. The molecule has 5 nitrogen and oxygen atoms in total. The van der Waals surface area contributed by atoms with Crippen molar-refractivity contribution in [3.05, 3.63) is 36.0 Å². The third-order valence-electron chi connectivity index (χ3n) is 6.11. The number of hydrogen-bond donors (Lipinski definition) is 2. The maximum atomic E-state index is 12.8. The van der Waals surface area contributed by atoms with Crippen LogP contribution in [0.25, 0.3) is 10.9 Å². The standard InChI is InChI=1S/C24H35N3O2/c1-3-15-27(16-4-2)24(29)19-11-9-18(10-12-19)23(28)25-14-13-20-17-26-22-8-6-5-7-21(20)22/h5-8,17-19,26H,3-4,9-16H2,1-2H3,(H,25,28). The van der Waals surface area contributed by atoms with Crippen molar-refractivity contribution in [3.63, 3.8) is 0 Å². The molecule has 0 unspecified atom stereocenters. The van der Waals surface area contributed by atoms with Gasteiger partial charge in [-0.05, 0) is 56.6 Å². The fraction of sp³-hybridized carbons (Fsp3) is 0.583. The summed E-state index contributed by atoms with van der Waals surface area (Å²) in [5.41, 5.74) is 2.37. The Labute approximate surface area is 174 Å².